The molecule has 4 atom stereocenters. The average Bonchev–Trinajstić information content (AvgIpc) is 3.32. The number of hydrogen-bond acceptors (Lipinski definition) is 11. The van der Waals surface area contributed by atoms with Gasteiger partial charge in [0.05, 0.1) is 56.1 Å². The van der Waals surface area contributed by atoms with Gasteiger partial charge < -0.3 is 35.0 Å². The molecule has 11 heteroatoms. The SMILES string of the molecule is CCCCCCCCCCC(O)CN(CCCOC(=O)CC(C)(O)CC(=O)OCCCN(CC(O)CCCCCCCCCC)CC(O)CCCCCCCCCC)CC(O)CCCCCCCCCC. The summed E-state index contributed by atoms with van der Waals surface area (Å²) in [6.45, 7) is 13.7. The number of ether oxygens (including phenoxy) is 2. The van der Waals surface area contributed by atoms with Gasteiger partial charge in [0.25, 0.3) is 0 Å². The Labute approximate surface area is 438 Å². The Morgan fingerprint density at radius 2 is 0.577 bits per heavy atom. The molecule has 0 aromatic heterocycles. The molecule has 0 amide bonds. The van der Waals surface area contributed by atoms with Crippen LogP contribution in [0, 0.1) is 0 Å². The first-order valence-corrected chi connectivity index (χ1v) is 30.6. The van der Waals surface area contributed by atoms with Crippen molar-refractivity contribution in [3.63, 3.8) is 0 Å². The number of carbonyl (C=O) groups excluding carboxylic acids is 2. The van der Waals surface area contributed by atoms with E-state index in [1.807, 2.05) is 0 Å². The molecule has 71 heavy (non-hydrogen) atoms. The minimum atomic E-state index is -1.63. The van der Waals surface area contributed by atoms with Gasteiger partial charge in [-0.1, -0.05) is 233 Å². The summed E-state index contributed by atoms with van der Waals surface area (Å²) in [4.78, 5) is 29.9. The molecule has 0 saturated heterocycles. The van der Waals surface area contributed by atoms with E-state index >= 15 is 0 Å². The normalized spacial score (nSPS) is 14.5. The van der Waals surface area contributed by atoms with Crippen LogP contribution in [0.4, 0.5) is 0 Å². The number of aliphatic hydroxyl groups excluding tert-OH is 4. The molecule has 0 aromatic rings. The number of unbranched alkanes of at least 4 members (excludes halogenated alkanes) is 28. The fourth-order valence-electron chi connectivity index (χ4n) is 9.86. The van der Waals surface area contributed by atoms with Crippen molar-refractivity contribution in [2.75, 3.05) is 52.5 Å². The molecule has 0 fully saturated rings. The maximum Gasteiger partial charge on any atom is 0.308 e. The Hall–Kier alpha value is -1.34. The van der Waals surface area contributed by atoms with Gasteiger partial charge in [0.2, 0.25) is 0 Å². The summed E-state index contributed by atoms with van der Waals surface area (Å²) in [5.41, 5.74) is -1.63. The Morgan fingerprint density at radius 1 is 0.366 bits per heavy atom. The molecule has 0 spiro atoms. The lowest BCUT2D eigenvalue weighted by atomic mass is 9.98. The van der Waals surface area contributed by atoms with Gasteiger partial charge >= 0.3 is 11.9 Å². The van der Waals surface area contributed by atoms with Gasteiger partial charge in [-0.25, -0.2) is 0 Å². The molecular weight excluding hydrogens is 893 g/mol. The third kappa shape index (κ3) is 49.3. The van der Waals surface area contributed by atoms with Crippen molar-refractivity contribution in [2.45, 2.75) is 321 Å². The monoisotopic (exact) mass is 1010 g/mol. The van der Waals surface area contributed by atoms with Crippen LogP contribution in [-0.4, -0.2) is 130 Å². The first-order valence-electron chi connectivity index (χ1n) is 30.6. The third-order valence-corrected chi connectivity index (χ3v) is 14.3. The van der Waals surface area contributed by atoms with Gasteiger partial charge in [0, 0.05) is 39.3 Å². The highest BCUT2D eigenvalue weighted by Crippen LogP contribution is 2.19. The number of hydrogen-bond donors (Lipinski definition) is 5. The van der Waals surface area contributed by atoms with Gasteiger partial charge in [0.1, 0.15) is 0 Å². The average molecular weight is 1010 g/mol. The minimum absolute atomic E-state index is 0.135. The lowest BCUT2D eigenvalue weighted by Crippen LogP contribution is -2.39. The van der Waals surface area contributed by atoms with Gasteiger partial charge in [-0.3, -0.25) is 19.4 Å². The van der Waals surface area contributed by atoms with Crippen molar-refractivity contribution in [3.8, 4) is 0 Å². The standard InChI is InChI=1S/C60H120N2O9/c1-6-10-14-18-22-26-30-34-40-54(63)50-61(51-55(64)41-35-31-27-23-19-15-11-7-2)44-38-46-70-58(67)48-60(5,69)49-59(68)71-47-39-45-62(52-56(65)42-36-32-28-24-20-16-12-8-3)53-57(66)43-37-33-29-25-21-17-13-9-4/h54-57,63-66,69H,6-53H2,1-5H3. The summed E-state index contributed by atoms with van der Waals surface area (Å²) in [6.07, 6.45) is 40.2. The second kappa shape index (κ2) is 50.8. The van der Waals surface area contributed by atoms with Crippen LogP contribution in [0.2, 0.25) is 0 Å². The molecular formula is C60H120N2O9. The molecule has 5 N–H and O–H groups in total. The highest BCUT2D eigenvalue weighted by Gasteiger charge is 2.29. The van der Waals surface area contributed by atoms with E-state index in [1.54, 1.807) is 0 Å². The van der Waals surface area contributed by atoms with Crippen LogP contribution in [0.1, 0.15) is 291 Å². The Balaban J connectivity index is 4.94. The Morgan fingerprint density at radius 3 is 0.803 bits per heavy atom. The topological polar surface area (TPSA) is 160 Å². The molecule has 424 valence electrons. The second-order valence-corrected chi connectivity index (χ2v) is 22.2. The first kappa shape index (κ1) is 69.7. The van der Waals surface area contributed by atoms with Crippen LogP contribution in [-0.2, 0) is 19.1 Å². The summed E-state index contributed by atoms with van der Waals surface area (Å²) in [5, 5.41) is 54.9. The molecule has 0 aliphatic carbocycles. The summed E-state index contributed by atoms with van der Waals surface area (Å²) in [7, 11) is 0. The van der Waals surface area contributed by atoms with E-state index in [2.05, 4.69) is 37.5 Å². The van der Waals surface area contributed by atoms with Gasteiger partial charge in [0.15, 0.2) is 0 Å². The number of carbonyl (C=O) groups is 2. The highest BCUT2D eigenvalue weighted by atomic mass is 16.5. The minimum Gasteiger partial charge on any atom is -0.466 e. The lowest BCUT2D eigenvalue weighted by Gasteiger charge is -2.28. The van der Waals surface area contributed by atoms with Crippen LogP contribution >= 0.6 is 0 Å². The molecule has 0 radical (unpaired) electrons. The third-order valence-electron chi connectivity index (χ3n) is 14.3. The predicted octanol–water partition coefficient (Wildman–Crippen LogP) is 13.6. The van der Waals surface area contributed by atoms with Gasteiger partial charge in [-0.05, 0) is 45.4 Å². The van der Waals surface area contributed by atoms with E-state index in [9.17, 15) is 35.1 Å². The molecule has 0 bridgehead atoms. The Kier molecular flexibility index (Phi) is 49.8. The molecule has 11 nitrogen and oxygen atoms in total. The number of rotatable bonds is 56. The fourth-order valence-corrected chi connectivity index (χ4v) is 9.86. The van der Waals surface area contributed by atoms with Crippen molar-refractivity contribution in [3.05, 3.63) is 0 Å². The predicted molar refractivity (Wildman–Crippen MR) is 297 cm³/mol. The summed E-state index contributed by atoms with van der Waals surface area (Å²) in [6, 6.07) is 0. The maximum absolute atomic E-state index is 12.9. The molecule has 0 saturated carbocycles. The highest BCUT2D eigenvalue weighted by molar-refractivity contribution is 5.74. The van der Waals surface area contributed by atoms with Crippen molar-refractivity contribution >= 4 is 11.9 Å². The summed E-state index contributed by atoms with van der Waals surface area (Å²) >= 11 is 0. The zero-order chi connectivity index (χ0) is 52.5. The second-order valence-electron chi connectivity index (χ2n) is 22.2. The number of nitrogens with zero attached hydrogens (tertiary/aromatic N) is 2. The molecule has 0 aliphatic rings. The molecule has 4 unspecified atom stereocenters. The first-order chi connectivity index (χ1) is 34.3. The van der Waals surface area contributed by atoms with Crippen LogP contribution in [0.5, 0.6) is 0 Å². The smallest absolute Gasteiger partial charge is 0.308 e. The summed E-state index contributed by atoms with van der Waals surface area (Å²) in [5.74, 6) is -1.18. The van der Waals surface area contributed by atoms with Crippen LogP contribution in [0.3, 0.4) is 0 Å². The van der Waals surface area contributed by atoms with Crippen LogP contribution in [0.15, 0.2) is 0 Å². The van der Waals surface area contributed by atoms with E-state index in [0.29, 0.717) is 52.1 Å². The maximum atomic E-state index is 12.9. The number of aliphatic hydroxyl groups is 5. The Bertz CT molecular complexity index is 1010. The van der Waals surface area contributed by atoms with Gasteiger partial charge in [-0.2, -0.15) is 0 Å². The van der Waals surface area contributed by atoms with Crippen LogP contribution in [0.25, 0.3) is 0 Å². The molecule has 0 aliphatic heterocycles. The van der Waals surface area contributed by atoms with E-state index in [1.165, 1.54) is 161 Å². The lowest BCUT2D eigenvalue weighted by molar-refractivity contribution is -0.154. The fraction of sp³-hybridized carbons (Fsp3) is 0.967. The van der Waals surface area contributed by atoms with E-state index in [0.717, 1.165) is 77.0 Å². The van der Waals surface area contributed by atoms with Crippen molar-refractivity contribution in [1.29, 1.82) is 0 Å². The molecule has 0 rings (SSSR count). The summed E-state index contributed by atoms with van der Waals surface area (Å²) < 4.78 is 11.0. The number of esters is 2. The molecule has 0 aromatic carbocycles. The van der Waals surface area contributed by atoms with Crippen molar-refractivity contribution in [1.82, 2.24) is 9.80 Å². The zero-order valence-corrected chi connectivity index (χ0v) is 47.5. The van der Waals surface area contributed by atoms with E-state index in [-0.39, 0.29) is 26.1 Å². The van der Waals surface area contributed by atoms with Gasteiger partial charge in [-0.15, -0.1) is 0 Å². The van der Waals surface area contributed by atoms with Crippen molar-refractivity contribution in [2.24, 2.45) is 0 Å². The largest absolute Gasteiger partial charge is 0.466 e. The quantitative estimate of drug-likeness (QED) is 0.0291. The zero-order valence-electron chi connectivity index (χ0n) is 47.5. The van der Waals surface area contributed by atoms with Crippen LogP contribution < -0.4 is 0 Å². The van der Waals surface area contributed by atoms with Crippen molar-refractivity contribution < 1.29 is 44.6 Å². The molecule has 0 heterocycles. The van der Waals surface area contributed by atoms with E-state index < -0.39 is 42.0 Å². The van der Waals surface area contributed by atoms with E-state index in [4.69, 9.17) is 9.47 Å².